The number of aromatic nitrogens is 2. The molecule has 1 aliphatic rings. The van der Waals surface area contributed by atoms with Gasteiger partial charge in [0, 0.05) is 11.3 Å². The van der Waals surface area contributed by atoms with Crippen LogP contribution in [0.15, 0.2) is 89.1 Å². The van der Waals surface area contributed by atoms with Crippen LogP contribution in [0.3, 0.4) is 0 Å². The van der Waals surface area contributed by atoms with Crippen molar-refractivity contribution in [2.75, 3.05) is 0 Å². The van der Waals surface area contributed by atoms with Gasteiger partial charge in [-0.15, -0.1) is 0 Å². The van der Waals surface area contributed by atoms with Crippen molar-refractivity contribution < 1.29 is 9.32 Å². The molecule has 170 valence electrons. The first-order chi connectivity index (χ1) is 16.5. The molecule has 2 heterocycles. The molecule has 1 N–H and O–H groups in total. The van der Waals surface area contributed by atoms with E-state index in [2.05, 4.69) is 16.5 Å². The number of carbonyl (C=O) groups excluding carboxylic acids is 1. The topological polar surface area (TPSA) is 71.3 Å². The summed E-state index contributed by atoms with van der Waals surface area (Å²) in [6.07, 6.45) is 0. The van der Waals surface area contributed by atoms with Gasteiger partial charge in [-0.2, -0.15) is 4.98 Å². The summed E-state index contributed by atoms with van der Waals surface area (Å²) in [6.45, 7) is 6.47. The molecule has 1 aromatic heterocycles. The highest BCUT2D eigenvalue weighted by molar-refractivity contribution is 5.86. The SMILES string of the molecule is CC1=C(c2nc(-c3ccc(C)cc3)no2)C(c2ccccc2)NC(=O)N1Cc1cccc(C)c1. The number of amides is 2. The second-order valence-corrected chi connectivity index (χ2v) is 8.66. The molecule has 0 aliphatic carbocycles. The number of hydrogen-bond donors (Lipinski definition) is 1. The number of benzene rings is 3. The molecule has 2 amide bonds. The van der Waals surface area contributed by atoms with Crippen LogP contribution >= 0.6 is 0 Å². The number of hydrogen-bond acceptors (Lipinski definition) is 4. The molecular weight excluding hydrogens is 424 g/mol. The van der Waals surface area contributed by atoms with Gasteiger partial charge in [-0.3, -0.25) is 4.90 Å². The van der Waals surface area contributed by atoms with Crippen LogP contribution < -0.4 is 5.32 Å². The lowest BCUT2D eigenvalue weighted by molar-refractivity contribution is 0.203. The Morgan fingerprint density at radius 2 is 1.68 bits per heavy atom. The van der Waals surface area contributed by atoms with Crippen molar-refractivity contribution in [1.82, 2.24) is 20.4 Å². The molecule has 6 heteroatoms. The van der Waals surface area contributed by atoms with Gasteiger partial charge in [0.2, 0.25) is 5.82 Å². The van der Waals surface area contributed by atoms with Crippen molar-refractivity contribution in [2.24, 2.45) is 0 Å². The van der Waals surface area contributed by atoms with Gasteiger partial charge in [-0.25, -0.2) is 4.79 Å². The minimum atomic E-state index is -0.395. The van der Waals surface area contributed by atoms with Gasteiger partial charge in [-0.1, -0.05) is 95.1 Å². The summed E-state index contributed by atoms with van der Waals surface area (Å²) in [5.74, 6) is 0.917. The van der Waals surface area contributed by atoms with Crippen molar-refractivity contribution in [3.8, 4) is 11.4 Å². The standard InChI is InChI=1S/C28H26N4O2/c1-18-12-14-23(15-13-18)26-30-27(34-31-26)24-20(3)32(17-21-9-7-8-19(2)16-21)28(33)29-25(24)22-10-5-4-6-11-22/h4-16,25H,17H2,1-3H3,(H,29,33). The fraction of sp³-hybridized carbons (Fsp3) is 0.179. The molecule has 1 atom stereocenters. The Morgan fingerprint density at radius 3 is 2.41 bits per heavy atom. The highest BCUT2D eigenvalue weighted by atomic mass is 16.5. The maximum atomic E-state index is 13.2. The van der Waals surface area contributed by atoms with E-state index in [1.165, 1.54) is 0 Å². The van der Waals surface area contributed by atoms with E-state index in [1.807, 2.05) is 93.6 Å². The average Bonchev–Trinajstić information content (AvgIpc) is 3.32. The van der Waals surface area contributed by atoms with Crippen LogP contribution in [0.4, 0.5) is 4.79 Å². The maximum Gasteiger partial charge on any atom is 0.322 e. The number of aryl methyl sites for hydroxylation is 2. The monoisotopic (exact) mass is 450 g/mol. The average molecular weight is 451 g/mol. The van der Waals surface area contributed by atoms with E-state index in [9.17, 15) is 4.79 Å². The Kier molecular flexibility index (Phi) is 5.72. The zero-order valence-corrected chi connectivity index (χ0v) is 19.4. The van der Waals surface area contributed by atoms with E-state index in [0.717, 1.165) is 39.1 Å². The smallest absolute Gasteiger partial charge is 0.322 e. The molecule has 0 fully saturated rings. The summed E-state index contributed by atoms with van der Waals surface area (Å²) < 4.78 is 5.77. The number of nitrogens with one attached hydrogen (secondary N) is 1. The Bertz CT molecular complexity index is 1360. The summed E-state index contributed by atoms with van der Waals surface area (Å²) in [5, 5.41) is 7.40. The molecule has 34 heavy (non-hydrogen) atoms. The molecule has 0 saturated carbocycles. The Balaban J connectivity index is 1.59. The maximum absolute atomic E-state index is 13.2. The quantitative estimate of drug-likeness (QED) is 0.402. The van der Waals surface area contributed by atoms with Crippen LogP contribution in [0.1, 0.15) is 41.1 Å². The minimum absolute atomic E-state index is 0.158. The van der Waals surface area contributed by atoms with Crippen molar-refractivity contribution >= 4 is 11.6 Å². The predicted molar refractivity (Wildman–Crippen MR) is 132 cm³/mol. The predicted octanol–water partition coefficient (Wildman–Crippen LogP) is 6.05. The van der Waals surface area contributed by atoms with Gasteiger partial charge >= 0.3 is 6.03 Å². The molecule has 6 nitrogen and oxygen atoms in total. The Morgan fingerprint density at radius 1 is 0.912 bits per heavy atom. The third-order valence-electron chi connectivity index (χ3n) is 6.12. The second-order valence-electron chi connectivity index (χ2n) is 8.66. The van der Waals surface area contributed by atoms with Gasteiger partial charge in [-0.05, 0) is 31.9 Å². The van der Waals surface area contributed by atoms with Crippen LogP contribution in [-0.4, -0.2) is 21.1 Å². The van der Waals surface area contributed by atoms with Crippen molar-refractivity contribution in [2.45, 2.75) is 33.4 Å². The summed E-state index contributed by atoms with van der Waals surface area (Å²) in [7, 11) is 0. The zero-order valence-electron chi connectivity index (χ0n) is 19.4. The number of rotatable bonds is 5. The lowest BCUT2D eigenvalue weighted by Gasteiger charge is -2.35. The van der Waals surface area contributed by atoms with E-state index in [-0.39, 0.29) is 6.03 Å². The van der Waals surface area contributed by atoms with E-state index >= 15 is 0 Å². The van der Waals surface area contributed by atoms with Crippen LogP contribution in [0, 0.1) is 13.8 Å². The molecule has 1 aliphatic heterocycles. The number of carbonyl (C=O) groups is 1. The van der Waals surface area contributed by atoms with Crippen molar-refractivity contribution in [1.29, 1.82) is 0 Å². The zero-order chi connectivity index (χ0) is 23.7. The largest absolute Gasteiger partial charge is 0.334 e. The summed E-state index contributed by atoms with van der Waals surface area (Å²) in [5.41, 5.74) is 6.79. The van der Waals surface area contributed by atoms with E-state index in [1.54, 1.807) is 4.90 Å². The first-order valence-electron chi connectivity index (χ1n) is 11.3. The molecule has 0 bridgehead atoms. The summed E-state index contributed by atoms with van der Waals surface area (Å²) in [4.78, 5) is 19.7. The fourth-order valence-corrected chi connectivity index (χ4v) is 4.29. The fourth-order valence-electron chi connectivity index (χ4n) is 4.29. The van der Waals surface area contributed by atoms with E-state index in [0.29, 0.717) is 18.3 Å². The van der Waals surface area contributed by atoms with Crippen LogP contribution in [0.25, 0.3) is 17.0 Å². The van der Waals surface area contributed by atoms with Crippen LogP contribution in [0.5, 0.6) is 0 Å². The lowest BCUT2D eigenvalue weighted by atomic mass is 9.94. The van der Waals surface area contributed by atoms with Crippen molar-refractivity contribution in [3.05, 3.63) is 113 Å². The molecule has 1 unspecified atom stereocenters. The van der Waals surface area contributed by atoms with Gasteiger partial charge < -0.3 is 9.84 Å². The second kappa shape index (κ2) is 8.98. The van der Waals surface area contributed by atoms with Gasteiger partial charge in [0.15, 0.2) is 0 Å². The Labute approximate surface area is 198 Å². The lowest BCUT2D eigenvalue weighted by Crippen LogP contribution is -2.45. The van der Waals surface area contributed by atoms with Gasteiger partial charge in [0.1, 0.15) is 0 Å². The highest BCUT2D eigenvalue weighted by Gasteiger charge is 2.35. The molecular formula is C28H26N4O2. The van der Waals surface area contributed by atoms with E-state index in [4.69, 9.17) is 9.51 Å². The minimum Gasteiger partial charge on any atom is -0.334 e. The molecule has 0 saturated heterocycles. The van der Waals surface area contributed by atoms with Gasteiger partial charge in [0.05, 0.1) is 18.2 Å². The van der Waals surface area contributed by atoms with Crippen LogP contribution in [-0.2, 0) is 6.54 Å². The normalized spacial score (nSPS) is 16.0. The van der Waals surface area contributed by atoms with E-state index < -0.39 is 6.04 Å². The molecule has 3 aromatic carbocycles. The summed E-state index contributed by atoms with van der Waals surface area (Å²) >= 11 is 0. The van der Waals surface area contributed by atoms with Crippen molar-refractivity contribution in [3.63, 3.8) is 0 Å². The number of allylic oxidation sites excluding steroid dienone is 1. The number of urea groups is 1. The molecule has 0 radical (unpaired) electrons. The summed E-state index contributed by atoms with van der Waals surface area (Å²) in [6, 6.07) is 25.5. The molecule has 5 rings (SSSR count). The number of nitrogens with zero attached hydrogens (tertiary/aromatic N) is 3. The first kappa shape index (κ1) is 21.6. The van der Waals surface area contributed by atoms with Gasteiger partial charge in [0.25, 0.3) is 5.89 Å². The first-order valence-corrected chi connectivity index (χ1v) is 11.3. The molecule has 4 aromatic rings. The highest BCUT2D eigenvalue weighted by Crippen LogP contribution is 2.37. The molecule has 0 spiro atoms. The van der Waals surface area contributed by atoms with Crippen LogP contribution in [0.2, 0.25) is 0 Å². The third-order valence-corrected chi connectivity index (χ3v) is 6.12. The third kappa shape index (κ3) is 4.22. The Hall–Kier alpha value is -4.19.